The number of rotatable bonds is 0. The Morgan fingerprint density at radius 3 is 2.75 bits per heavy atom. The van der Waals surface area contributed by atoms with Crippen LogP contribution < -0.4 is 0 Å². The molecule has 0 aliphatic heterocycles. The average molecular weight is 141 g/mol. The standard InChI is InChI=1S/C5H3NS2/c6-2-4-1-5(7)8-3-4/h1,3,7H. The quantitative estimate of drug-likeness (QED) is 0.548. The molecule has 1 aromatic rings. The topological polar surface area (TPSA) is 23.8 Å². The van der Waals surface area contributed by atoms with E-state index in [-0.39, 0.29) is 0 Å². The molecule has 8 heavy (non-hydrogen) atoms. The molecule has 0 radical (unpaired) electrons. The summed E-state index contributed by atoms with van der Waals surface area (Å²) in [4.78, 5) is 0. The summed E-state index contributed by atoms with van der Waals surface area (Å²) in [5, 5.41) is 10.1. The molecule has 0 amide bonds. The summed E-state index contributed by atoms with van der Waals surface area (Å²) in [7, 11) is 0. The first-order chi connectivity index (χ1) is 3.83. The molecular weight excluding hydrogens is 138 g/mol. The van der Waals surface area contributed by atoms with Crippen LogP contribution in [0.2, 0.25) is 0 Å². The summed E-state index contributed by atoms with van der Waals surface area (Å²) in [6, 6.07) is 3.75. The lowest BCUT2D eigenvalue weighted by molar-refractivity contribution is 1.50. The number of nitriles is 1. The van der Waals surface area contributed by atoms with Gasteiger partial charge < -0.3 is 0 Å². The lowest BCUT2D eigenvalue weighted by atomic mass is 10.4. The zero-order valence-corrected chi connectivity index (χ0v) is 5.67. The lowest BCUT2D eigenvalue weighted by Crippen LogP contribution is -1.55. The minimum Gasteiger partial charge on any atom is -0.192 e. The highest BCUT2D eigenvalue weighted by atomic mass is 32.2. The zero-order valence-electron chi connectivity index (χ0n) is 3.96. The van der Waals surface area contributed by atoms with Crippen LogP contribution in [-0.4, -0.2) is 0 Å². The molecular formula is C5H3NS2. The van der Waals surface area contributed by atoms with E-state index in [1.54, 1.807) is 11.4 Å². The van der Waals surface area contributed by atoms with Crippen molar-refractivity contribution in [3.63, 3.8) is 0 Å². The number of thiol groups is 1. The molecule has 0 fully saturated rings. The van der Waals surface area contributed by atoms with Crippen LogP contribution in [0.5, 0.6) is 0 Å². The fraction of sp³-hybridized carbons (Fsp3) is 0. The third-order valence-electron chi connectivity index (χ3n) is 0.715. The van der Waals surface area contributed by atoms with Gasteiger partial charge in [-0.05, 0) is 6.07 Å². The van der Waals surface area contributed by atoms with Crippen LogP contribution in [0, 0.1) is 11.3 Å². The fourth-order valence-electron chi connectivity index (χ4n) is 0.384. The predicted molar refractivity (Wildman–Crippen MR) is 36.3 cm³/mol. The highest BCUT2D eigenvalue weighted by molar-refractivity contribution is 7.82. The smallest absolute Gasteiger partial charge is 0.100 e. The van der Waals surface area contributed by atoms with Gasteiger partial charge in [0.25, 0.3) is 0 Å². The van der Waals surface area contributed by atoms with Gasteiger partial charge in [-0.15, -0.1) is 24.0 Å². The number of hydrogen-bond donors (Lipinski definition) is 1. The van der Waals surface area contributed by atoms with Crippen LogP contribution >= 0.6 is 24.0 Å². The number of thiophene rings is 1. The SMILES string of the molecule is N#Cc1csc(S)c1. The van der Waals surface area contributed by atoms with E-state index in [1.165, 1.54) is 11.3 Å². The van der Waals surface area contributed by atoms with Gasteiger partial charge >= 0.3 is 0 Å². The largest absolute Gasteiger partial charge is 0.192 e. The average Bonchev–Trinajstić information content (AvgIpc) is 2.14. The Morgan fingerprint density at radius 2 is 2.50 bits per heavy atom. The van der Waals surface area contributed by atoms with E-state index in [0.29, 0.717) is 5.56 Å². The summed E-state index contributed by atoms with van der Waals surface area (Å²) >= 11 is 5.50. The van der Waals surface area contributed by atoms with Gasteiger partial charge in [0.1, 0.15) is 6.07 Å². The van der Waals surface area contributed by atoms with Crippen molar-refractivity contribution in [2.75, 3.05) is 0 Å². The molecule has 0 atom stereocenters. The van der Waals surface area contributed by atoms with Crippen molar-refractivity contribution in [2.24, 2.45) is 0 Å². The lowest BCUT2D eigenvalue weighted by Gasteiger charge is -1.67. The Bertz CT molecular complexity index is 221. The maximum Gasteiger partial charge on any atom is 0.100 e. The molecule has 0 bridgehead atoms. The Hall–Kier alpha value is -0.460. The van der Waals surface area contributed by atoms with Crippen LogP contribution in [0.25, 0.3) is 0 Å². The number of hydrogen-bond acceptors (Lipinski definition) is 3. The van der Waals surface area contributed by atoms with Crippen LogP contribution in [0.3, 0.4) is 0 Å². The van der Waals surface area contributed by atoms with Gasteiger partial charge in [0.15, 0.2) is 0 Å². The monoisotopic (exact) mass is 141 g/mol. The van der Waals surface area contributed by atoms with E-state index in [2.05, 4.69) is 12.6 Å². The molecule has 0 unspecified atom stereocenters. The predicted octanol–water partition coefficient (Wildman–Crippen LogP) is 1.91. The Morgan fingerprint density at radius 1 is 1.75 bits per heavy atom. The molecule has 40 valence electrons. The Balaban J connectivity index is 3.05. The normalized spacial score (nSPS) is 8.50. The minimum absolute atomic E-state index is 0.694. The molecule has 0 spiro atoms. The van der Waals surface area contributed by atoms with Gasteiger partial charge in [0, 0.05) is 5.38 Å². The van der Waals surface area contributed by atoms with Crippen molar-refractivity contribution in [1.29, 1.82) is 5.26 Å². The van der Waals surface area contributed by atoms with Gasteiger partial charge in [-0.25, -0.2) is 0 Å². The third kappa shape index (κ3) is 1.03. The highest BCUT2D eigenvalue weighted by Crippen LogP contribution is 2.16. The first-order valence-electron chi connectivity index (χ1n) is 2.00. The summed E-state index contributed by atoms with van der Waals surface area (Å²) in [5.74, 6) is 0. The minimum atomic E-state index is 0.694. The summed E-state index contributed by atoms with van der Waals surface area (Å²) in [5.41, 5.74) is 0.694. The van der Waals surface area contributed by atoms with Crippen LogP contribution in [-0.2, 0) is 0 Å². The van der Waals surface area contributed by atoms with E-state index in [0.717, 1.165) is 4.21 Å². The third-order valence-corrected chi connectivity index (χ3v) is 1.89. The van der Waals surface area contributed by atoms with Gasteiger partial charge in [-0.1, -0.05) is 0 Å². The van der Waals surface area contributed by atoms with Crippen molar-refractivity contribution in [3.05, 3.63) is 17.0 Å². The van der Waals surface area contributed by atoms with Crippen molar-refractivity contribution < 1.29 is 0 Å². The van der Waals surface area contributed by atoms with Gasteiger partial charge in [-0.2, -0.15) is 5.26 Å². The second-order valence-corrected chi connectivity index (χ2v) is 2.98. The molecule has 1 heterocycles. The molecule has 0 saturated carbocycles. The van der Waals surface area contributed by atoms with Crippen molar-refractivity contribution in [3.8, 4) is 6.07 Å². The summed E-state index contributed by atoms with van der Waals surface area (Å²) < 4.78 is 0.890. The van der Waals surface area contributed by atoms with Crippen molar-refractivity contribution >= 4 is 24.0 Å². The van der Waals surface area contributed by atoms with E-state index in [9.17, 15) is 0 Å². The van der Waals surface area contributed by atoms with Gasteiger partial charge in [0.2, 0.25) is 0 Å². The first-order valence-corrected chi connectivity index (χ1v) is 3.33. The molecule has 0 aromatic carbocycles. The molecule has 0 N–H and O–H groups in total. The molecule has 1 nitrogen and oxygen atoms in total. The number of nitrogens with zero attached hydrogens (tertiary/aromatic N) is 1. The second-order valence-electron chi connectivity index (χ2n) is 1.29. The van der Waals surface area contributed by atoms with E-state index in [1.807, 2.05) is 6.07 Å². The fourth-order valence-corrected chi connectivity index (χ4v) is 1.24. The molecule has 3 heteroatoms. The van der Waals surface area contributed by atoms with Crippen LogP contribution in [0.4, 0.5) is 0 Å². The molecule has 0 saturated heterocycles. The van der Waals surface area contributed by atoms with Crippen LogP contribution in [0.15, 0.2) is 15.7 Å². The van der Waals surface area contributed by atoms with Crippen molar-refractivity contribution in [2.45, 2.75) is 4.21 Å². The molecule has 0 aliphatic carbocycles. The van der Waals surface area contributed by atoms with Crippen LogP contribution in [0.1, 0.15) is 5.56 Å². The zero-order chi connectivity index (χ0) is 5.98. The molecule has 1 aromatic heterocycles. The Labute approximate surface area is 57.0 Å². The summed E-state index contributed by atoms with van der Waals surface area (Å²) in [6.45, 7) is 0. The maximum absolute atomic E-state index is 8.27. The second kappa shape index (κ2) is 2.21. The van der Waals surface area contributed by atoms with Crippen molar-refractivity contribution in [1.82, 2.24) is 0 Å². The molecule has 1 rings (SSSR count). The maximum atomic E-state index is 8.27. The molecule has 0 aliphatic rings. The van der Waals surface area contributed by atoms with E-state index in [4.69, 9.17) is 5.26 Å². The van der Waals surface area contributed by atoms with E-state index >= 15 is 0 Å². The van der Waals surface area contributed by atoms with Gasteiger partial charge in [-0.3, -0.25) is 0 Å². The summed E-state index contributed by atoms with van der Waals surface area (Å²) in [6.07, 6.45) is 0. The first kappa shape index (κ1) is 5.67. The van der Waals surface area contributed by atoms with Gasteiger partial charge in [0.05, 0.1) is 9.77 Å². The Kier molecular flexibility index (Phi) is 1.56. The highest BCUT2D eigenvalue weighted by Gasteiger charge is 1.90. The van der Waals surface area contributed by atoms with E-state index < -0.39 is 0 Å².